The van der Waals surface area contributed by atoms with Crippen LogP contribution in [0, 0.1) is 0 Å². The van der Waals surface area contributed by atoms with E-state index in [1.165, 1.54) is 17.8 Å². The molecule has 2 heterocycles. The van der Waals surface area contributed by atoms with Crippen molar-refractivity contribution < 1.29 is 0 Å². The molecule has 2 nitrogen and oxygen atoms in total. The number of hydrogen-bond donors (Lipinski definition) is 1. The van der Waals surface area contributed by atoms with Crippen LogP contribution in [-0.4, -0.2) is 24.0 Å². The molecule has 1 fully saturated rings. The van der Waals surface area contributed by atoms with Gasteiger partial charge < -0.3 is 5.73 Å². The van der Waals surface area contributed by atoms with E-state index in [0.717, 1.165) is 13.0 Å². The molecule has 2 atom stereocenters. The summed E-state index contributed by atoms with van der Waals surface area (Å²) < 4.78 is 0. The maximum Gasteiger partial charge on any atom is 0.0593 e. The predicted octanol–water partition coefficient (Wildman–Crippen LogP) is 2.23. The first-order valence-corrected chi connectivity index (χ1v) is 6.24. The van der Waals surface area contributed by atoms with Gasteiger partial charge in [-0.25, -0.2) is 0 Å². The van der Waals surface area contributed by atoms with Crippen molar-refractivity contribution in [3.05, 3.63) is 22.4 Å². The Morgan fingerprint density at radius 2 is 2.50 bits per heavy atom. The van der Waals surface area contributed by atoms with E-state index in [1.807, 2.05) is 11.3 Å². The van der Waals surface area contributed by atoms with Gasteiger partial charge in [-0.2, -0.15) is 0 Å². The molecule has 1 aliphatic rings. The molecule has 0 bridgehead atoms. The molecule has 3 heteroatoms. The van der Waals surface area contributed by atoms with E-state index in [1.54, 1.807) is 0 Å². The molecule has 0 aliphatic carbocycles. The first kappa shape index (κ1) is 10.1. The summed E-state index contributed by atoms with van der Waals surface area (Å²) in [5.74, 6) is 0. The van der Waals surface area contributed by atoms with E-state index in [9.17, 15) is 0 Å². The van der Waals surface area contributed by atoms with Crippen molar-refractivity contribution in [3.8, 4) is 0 Å². The lowest BCUT2D eigenvalue weighted by Crippen LogP contribution is -2.31. The predicted molar refractivity (Wildman–Crippen MR) is 61.5 cm³/mol. The number of nitrogens with zero attached hydrogens (tertiary/aromatic N) is 1. The molecule has 1 aromatic rings. The maximum atomic E-state index is 6.16. The van der Waals surface area contributed by atoms with Crippen LogP contribution in [0.25, 0.3) is 0 Å². The lowest BCUT2D eigenvalue weighted by molar-refractivity contribution is 0.251. The summed E-state index contributed by atoms with van der Waals surface area (Å²) in [4.78, 5) is 3.96. The molecule has 0 spiro atoms. The summed E-state index contributed by atoms with van der Waals surface area (Å²) in [5.41, 5.74) is 6.16. The average Bonchev–Trinajstić information content (AvgIpc) is 2.76. The van der Waals surface area contributed by atoms with E-state index >= 15 is 0 Å². The number of thiophene rings is 1. The minimum atomic E-state index is 0.334. The number of likely N-dealkylation sites (tertiary alicyclic amines) is 1. The zero-order valence-electron chi connectivity index (χ0n) is 8.65. The minimum Gasteiger partial charge on any atom is -0.326 e. The van der Waals surface area contributed by atoms with Crippen LogP contribution in [0.15, 0.2) is 17.5 Å². The van der Waals surface area contributed by atoms with Crippen molar-refractivity contribution >= 4 is 11.3 Å². The number of nitrogens with two attached hydrogens (primary N) is 1. The lowest BCUT2D eigenvalue weighted by atomic mass is 10.1. The highest BCUT2D eigenvalue weighted by Crippen LogP contribution is 2.33. The molecule has 2 unspecified atom stereocenters. The molecule has 0 saturated carbocycles. The third-order valence-electron chi connectivity index (χ3n) is 2.89. The second-order valence-corrected chi connectivity index (χ2v) is 4.93. The fourth-order valence-electron chi connectivity index (χ4n) is 2.27. The van der Waals surface area contributed by atoms with Crippen LogP contribution in [0.5, 0.6) is 0 Å². The smallest absolute Gasteiger partial charge is 0.0593 e. The number of rotatable bonds is 3. The summed E-state index contributed by atoms with van der Waals surface area (Å²) in [6, 6.07) is 5.15. The molecule has 2 rings (SSSR count). The fraction of sp³-hybridized carbons (Fsp3) is 0.636. The molecular weight excluding hydrogens is 192 g/mol. The van der Waals surface area contributed by atoms with Crippen LogP contribution in [0.1, 0.15) is 30.7 Å². The van der Waals surface area contributed by atoms with E-state index in [-0.39, 0.29) is 0 Å². The summed E-state index contributed by atoms with van der Waals surface area (Å²) in [5, 5.41) is 2.14. The SMILES string of the molecule is CCCN1CCC(N)C1c1cccs1. The second-order valence-electron chi connectivity index (χ2n) is 3.95. The first-order valence-electron chi connectivity index (χ1n) is 5.36. The molecular formula is C11H18N2S. The zero-order chi connectivity index (χ0) is 9.97. The monoisotopic (exact) mass is 210 g/mol. The van der Waals surface area contributed by atoms with Gasteiger partial charge in [-0.05, 0) is 30.8 Å². The van der Waals surface area contributed by atoms with Gasteiger partial charge in [0.1, 0.15) is 0 Å². The highest BCUT2D eigenvalue weighted by atomic mass is 32.1. The molecule has 1 saturated heterocycles. The van der Waals surface area contributed by atoms with Gasteiger partial charge in [0.15, 0.2) is 0 Å². The van der Waals surface area contributed by atoms with Crippen LogP contribution in [0.3, 0.4) is 0 Å². The molecule has 2 N–H and O–H groups in total. The van der Waals surface area contributed by atoms with Gasteiger partial charge in [-0.15, -0.1) is 11.3 Å². The van der Waals surface area contributed by atoms with E-state index in [0.29, 0.717) is 12.1 Å². The van der Waals surface area contributed by atoms with E-state index in [2.05, 4.69) is 29.3 Å². The molecule has 0 aromatic carbocycles. The Balaban J connectivity index is 2.13. The van der Waals surface area contributed by atoms with Crippen molar-refractivity contribution in [1.29, 1.82) is 0 Å². The van der Waals surface area contributed by atoms with Gasteiger partial charge in [0, 0.05) is 17.5 Å². The molecule has 1 aliphatic heterocycles. The third-order valence-corrected chi connectivity index (χ3v) is 3.84. The molecule has 0 radical (unpaired) electrons. The maximum absolute atomic E-state index is 6.16. The Kier molecular flexibility index (Phi) is 3.21. The highest BCUT2D eigenvalue weighted by Gasteiger charge is 2.32. The van der Waals surface area contributed by atoms with Gasteiger partial charge in [0.05, 0.1) is 6.04 Å². The van der Waals surface area contributed by atoms with Crippen molar-refractivity contribution in [2.45, 2.75) is 31.8 Å². The Hall–Kier alpha value is -0.380. The minimum absolute atomic E-state index is 0.334. The van der Waals surface area contributed by atoms with Crippen molar-refractivity contribution in [2.24, 2.45) is 5.73 Å². The van der Waals surface area contributed by atoms with Crippen LogP contribution < -0.4 is 5.73 Å². The first-order chi connectivity index (χ1) is 6.83. The quantitative estimate of drug-likeness (QED) is 0.829. The summed E-state index contributed by atoms with van der Waals surface area (Å²) in [7, 11) is 0. The van der Waals surface area contributed by atoms with E-state index in [4.69, 9.17) is 5.73 Å². The van der Waals surface area contributed by atoms with Crippen LogP contribution in [-0.2, 0) is 0 Å². The highest BCUT2D eigenvalue weighted by molar-refractivity contribution is 7.10. The van der Waals surface area contributed by atoms with Crippen molar-refractivity contribution in [3.63, 3.8) is 0 Å². The van der Waals surface area contributed by atoms with Gasteiger partial charge >= 0.3 is 0 Å². The molecule has 0 amide bonds. The topological polar surface area (TPSA) is 29.3 Å². The lowest BCUT2D eigenvalue weighted by Gasteiger charge is -2.25. The third kappa shape index (κ3) is 1.85. The largest absolute Gasteiger partial charge is 0.326 e. The normalized spacial score (nSPS) is 28.4. The Morgan fingerprint density at radius 3 is 3.14 bits per heavy atom. The summed E-state index contributed by atoms with van der Waals surface area (Å²) in [6.07, 6.45) is 2.36. The van der Waals surface area contributed by atoms with Crippen LogP contribution in [0.2, 0.25) is 0 Å². The Bertz CT molecular complexity index is 269. The number of hydrogen-bond acceptors (Lipinski definition) is 3. The van der Waals surface area contributed by atoms with Gasteiger partial charge in [0.2, 0.25) is 0 Å². The standard InChI is InChI=1S/C11H18N2S/c1-2-6-13-7-5-9(12)11(13)10-4-3-8-14-10/h3-4,8-9,11H,2,5-7,12H2,1H3. The Morgan fingerprint density at radius 1 is 1.64 bits per heavy atom. The van der Waals surface area contributed by atoms with Crippen LogP contribution in [0.4, 0.5) is 0 Å². The fourth-order valence-corrected chi connectivity index (χ4v) is 3.21. The zero-order valence-corrected chi connectivity index (χ0v) is 9.46. The van der Waals surface area contributed by atoms with Gasteiger partial charge in [-0.1, -0.05) is 13.0 Å². The molecule has 14 heavy (non-hydrogen) atoms. The second kappa shape index (κ2) is 4.43. The van der Waals surface area contributed by atoms with E-state index < -0.39 is 0 Å². The van der Waals surface area contributed by atoms with Gasteiger partial charge in [0.25, 0.3) is 0 Å². The van der Waals surface area contributed by atoms with Crippen molar-refractivity contribution in [1.82, 2.24) is 4.90 Å². The summed E-state index contributed by atoms with van der Waals surface area (Å²) in [6.45, 7) is 4.57. The summed E-state index contributed by atoms with van der Waals surface area (Å²) >= 11 is 1.83. The average molecular weight is 210 g/mol. The molecule has 78 valence electrons. The van der Waals surface area contributed by atoms with Crippen LogP contribution >= 0.6 is 11.3 Å². The molecule has 1 aromatic heterocycles. The Labute approximate surface area is 89.7 Å². The van der Waals surface area contributed by atoms with Crippen molar-refractivity contribution in [2.75, 3.05) is 13.1 Å². The van der Waals surface area contributed by atoms with Gasteiger partial charge in [-0.3, -0.25) is 4.90 Å².